The van der Waals surface area contributed by atoms with Crippen molar-refractivity contribution in [3.8, 4) is 5.69 Å². The number of urea groups is 1. The van der Waals surface area contributed by atoms with Crippen LogP contribution in [0.2, 0.25) is 5.02 Å². The molecule has 2 aromatic heterocycles. The molecule has 36 heavy (non-hydrogen) atoms. The highest BCUT2D eigenvalue weighted by atomic mass is 35.5. The molecule has 0 unspecified atom stereocenters. The van der Waals surface area contributed by atoms with Crippen LogP contribution in [-0.4, -0.2) is 43.0 Å². The topological polar surface area (TPSA) is 165 Å². The van der Waals surface area contributed by atoms with E-state index in [0.29, 0.717) is 11.4 Å². The number of anilines is 2. The highest BCUT2D eigenvalue weighted by molar-refractivity contribution is 6.31. The minimum atomic E-state index is -4.66. The first-order valence-electron chi connectivity index (χ1n) is 9.67. The van der Waals surface area contributed by atoms with E-state index >= 15 is 0 Å². The number of carboxylic acids is 1. The van der Waals surface area contributed by atoms with Gasteiger partial charge in [0, 0.05) is 17.1 Å². The normalized spacial score (nSPS) is 10.8. The van der Waals surface area contributed by atoms with Crippen molar-refractivity contribution in [1.82, 2.24) is 19.5 Å². The molecule has 0 aliphatic carbocycles. The van der Waals surface area contributed by atoms with Crippen LogP contribution in [0.4, 0.5) is 29.3 Å². The third-order valence-corrected chi connectivity index (χ3v) is 4.80. The molecule has 0 saturated carbocycles. The predicted octanol–water partition coefficient (Wildman–Crippen LogP) is 3.93. The number of carboxylic acid groups (broad SMARTS) is 1. The fraction of sp³-hybridized carbons (Fsp3) is 0.0476. The Hall–Kier alpha value is -4.72. The summed E-state index contributed by atoms with van der Waals surface area (Å²) < 4.78 is 40.5. The van der Waals surface area contributed by atoms with Crippen molar-refractivity contribution in [3.05, 3.63) is 71.4 Å². The summed E-state index contributed by atoms with van der Waals surface area (Å²) in [7, 11) is 0. The van der Waals surface area contributed by atoms with Crippen LogP contribution in [0.1, 0.15) is 16.1 Å². The Morgan fingerprint density at radius 1 is 1.03 bits per heavy atom. The molecule has 0 spiro atoms. The molecule has 15 heteroatoms. The number of carbonyl (C=O) groups is 3. The van der Waals surface area contributed by atoms with E-state index < -0.39 is 28.8 Å². The van der Waals surface area contributed by atoms with Crippen LogP contribution in [0.3, 0.4) is 0 Å². The van der Waals surface area contributed by atoms with Gasteiger partial charge in [0.25, 0.3) is 0 Å². The summed E-state index contributed by atoms with van der Waals surface area (Å²) in [6, 6.07) is 8.59. The molecule has 0 aliphatic rings. The van der Waals surface area contributed by atoms with E-state index in [-0.39, 0.29) is 29.0 Å². The van der Waals surface area contributed by atoms with Crippen molar-refractivity contribution in [2.75, 3.05) is 10.6 Å². The number of imidazole rings is 1. The molecular weight excluding hydrogens is 507 g/mol. The lowest BCUT2D eigenvalue weighted by molar-refractivity contribution is -0.137. The van der Waals surface area contributed by atoms with Gasteiger partial charge in [0.2, 0.25) is 6.41 Å². The highest BCUT2D eigenvalue weighted by Crippen LogP contribution is 2.36. The highest BCUT2D eigenvalue weighted by Gasteiger charge is 2.33. The Balaban J connectivity index is 0.00000115. The lowest BCUT2D eigenvalue weighted by Gasteiger charge is -2.12. The molecular formula is C21H15ClF3N7O4. The Labute approximate surface area is 204 Å². The van der Waals surface area contributed by atoms with Crippen LogP contribution >= 0.6 is 11.6 Å². The maximum Gasteiger partial charge on any atom is 0.417 e. The third-order valence-electron chi connectivity index (χ3n) is 4.47. The summed E-state index contributed by atoms with van der Waals surface area (Å²) >= 11 is 5.57. The second kappa shape index (κ2) is 10.7. The molecule has 0 fully saturated rings. The number of halogens is 4. The third kappa shape index (κ3) is 5.85. The number of fused-ring (bicyclic) bond motifs is 1. The molecule has 0 aliphatic heterocycles. The molecule has 0 radical (unpaired) electrons. The molecule has 0 bridgehead atoms. The van der Waals surface area contributed by atoms with Gasteiger partial charge in [0.15, 0.2) is 11.3 Å². The number of aromatic nitrogens is 4. The van der Waals surface area contributed by atoms with Gasteiger partial charge in [-0.3, -0.25) is 9.36 Å². The lowest BCUT2D eigenvalue weighted by atomic mass is 10.2. The zero-order chi connectivity index (χ0) is 26.5. The number of rotatable bonds is 4. The van der Waals surface area contributed by atoms with Crippen molar-refractivity contribution in [3.63, 3.8) is 0 Å². The summed E-state index contributed by atoms with van der Waals surface area (Å²) in [5.41, 5.74) is 4.12. The zero-order valence-corrected chi connectivity index (χ0v) is 18.6. The van der Waals surface area contributed by atoms with Crippen LogP contribution in [-0.2, 0) is 11.0 Å². The van der Waals surface area contributed by atoms with Crippen LogP contribution in [0.5, 0.6) is 0 Å². The van der Waals surface area contributed by atoms with Gasteiger partial charge in [-0.2, -0.15) is 13.2 Å². The fourth-order valence-corrected chi connectivity index (χ4v) is 3.22. The maximum atomic E-state index is 13.0. The summed E-state index contributed by atoms with van der Waals surface area (Å²) in [5.74, 6) is -1.23. The van der Waals surface area contributed by atoms with Gasteiger partial charge in [-0.15, -0.1) is 0 Å². The maximum absolute atomic E-state index is 13.0. The zero-order valence-electron chi connectivity index (χ0n) is 17.8. The monoisotopic (exact) mass is 521 g/mol. The number of alkyl halides is 3. The van der Waals surface area contributed by atoms with Crippen molar-refractivity contribution >= 4 is 52.6 Å². The molecule has 0 atom stereocenters. The van der Waals surface area contributed by atoms with Crippen LogP contribution in [0.25, 0.3) is 16.9 Å². The summed E-state index contributed by atoms with van der Waals surface area (Å²) in [4.78, 5) is 43.9. The number of carbonyl (C=O) groups excluding carboxylic acids is 2. The van der Waals surface area contributed by atoms with Crippen molar-refractivity contribution in [2.24, 2.45) is 5.73 Å². The molecule has 186 valence electrons. The Morgan fingerprint density at radius 3 is 2.25 bits per heavy atom. The standard InChI is InChI=1S/C20H12ClF3N6O3.CH3NO/c21-14-6-3-11(7-13(14)20(22,23)24)29-19(33)28-10-1-4-12(5-2-10)30-9-27-15-16(18(31)32)25-8-26-17(15)30;2-1-3/h1-9H,(H,31,32)(H2,28,29,33);1H,(H2,2,3). The largest absolute Gasteiger partial charge is 0.476 e. The number of amides is 3. The second-order valence-corrected chi connectivity index (χ2v) is 7.18. The lowest BCUT2D eigenvalue weighted by Crippen LogP contribution is -2.20. The number of nitrogens with one attached hydrogen (secondary N) is 2. The first-order valence-corrected chi connectivity index (χ1v) is 10.0. The molecule has 2 heterocycles. The molecule has 5 N–H and O–H groups in total. The van der Waals surface area contributed by atoms with E-state index in [9.17, 15) is 27.9 Å². The molecule has 2 aromatic carbocycles. The number of hydrogen-bond donors (Lipinski definition) is 4. The first kappa shape index (κ1) is 25.9. The number of nitrogens with zero attached hydrogens (tertiary/aromatic N) is 4. The minimum Gasteiger partial charge on any atom is -0.476 e. The van der Waals surface area contributed by atoms with Crippen molar-refractivity contribution < 1.29 is 32.7 Å². The minimum absolute atomic E-state index is 0.0837. The second-order valence-electron chi connectivity index (χ2n) is 6.77. The Bertz CT molecular complexity index is 1430. The van der Waals surface area contributed by atoms with E-state index in [1.54, 1.807) is 28.8 Å². The Morgan fingerprint density at radius 2 is 1.64 bits per heavy atom. The van der Waals surface area contributed by atoms with E-state index in [4.69, 9.17) is 16.4 Å². The molecule has 11 nitrogen and oxygen atoms in total. The van der Waals surface area contributed by atoms with Gasteiger partial charge >= 0.3 is 18.2 Å². The SMILES string of the molecule is NC=O.O=C(Nc1ccc(-n2cnc3c(C(=O)O)ncnc32)cc1)Nc1ccc(Cl)c(C(F)(F)F)c1. The molecule has 4 aromatic rings. The van der Waals surface area contributed by atoms with Crippen molar-refractivity contribution in [1.29, 1.82) is 0 Å². The number of primary amides is 1. The van der Waals surface area contributed by atoms with Gasteiger partial charge in [-0.05, 0) is 42.5 Å². The van der Waals surface area contributed by atoms with E-state index in [1.807, 2.05) is 0 Å². The van der Waals surface area contributed by atoms with Crippen molar-refractivity contribution in [2.45, 2.75) is 6.18 Å². The number of benzene rings is 2. The fourth-order valence-electron chi connectivity index (χ4n) is 3.00. The van der Waals surface area contributed by atoms with Gasteiger partial charge < -0.3 is 21.5 Å². The quantitative estimate of drug-likeness (QED) is 0.295. The molecule has 3 amide bonds. The molecule has 4 rings (SSSR count). The van der Waals surface area contributed by atoms with E-state index in [2.05, 4.69) is 31.3 Å². The molecule has 0 saturated heterocycles. The average Bonchev–Trinajstić information content (AvgIpc) is 3.25. The van der Waals surface area contributed by atoms with Gasteiger partial charge in [0.05, 0.1) is 10.6 Å². The number of nitrogens with two attached hydrogens (primary N) is 1. The van der Waals surface area contributed by atoms with Gasteiger partial charge in [-0.25, -0.2) is 24.5 Å². The van der Waals surface area contributed by atoms with Crippen LogP contribution < -0.4 is 16.4 Å². The van der Waals surface area contributed by atoms with E-state index in [0.717, 1.165) is 18.5 Å². The van der Waals surface area contributed by atoms with E-state index in [1.165, 1.54) is 12.4 Å². The average molecular weight is 522 g/mol. The smallest absolute Gasteiger partial charge is 0.417 e. The number of aromatic carboxylic acids is 1. The van der Waals surface area contributed by atoms with Gasteiger partial charge in [0.1, 0.15) is 18.2 Å². The predicted molar refractivity (Wildman–Crippen MR) is 123 cm³/mol. The first-order chi connectivity index (χ1) is 17.0. The summed E-state index contributed by atoms with van der Waals surface area (Å²) in [6.07, 6.45) is -1.90. The van der Waals surface area contributed by atoms with Crippen LogP contribution in [0.15, 0.2) is 55.1 Å². The Kier molecular flexibility index (Phi) is 7.69. The van der Waals surface area contributed by atoms with Crippen LogP contribution in [0, 0.1) is 0 Å². The summed E-state index contributed by atoms with van der Waals surface area (Å²) in [5, 5.41) is 13.6. The number of hydrogen-bond acceptors (Lipinski definition) is 6. The summed E-state index contributed by atoms with van der Waals surface area (Å²) in [6.45, 7) is 0. The van der Waals surface area contributed by atoms with Gasteiger partial charge in [-0.1, -0.05) is 11.6 Å².